The average Bonchev–Trinajstić information content (AvgIpc) is 2.84. The molecule has 0 spiro atoms. The van der Waals surface area contributed by atoms with Crippen LogP contribution < -0.4 is 0 Å². The molecule has 1 aromatic heterocycles. The van der Waals surface area contributed by atoms with Gasteiger partial charge in [-0.15, -0.1) is 0 Å². The molecule has 2 rings (SSSR count). The van der Waals surface area contributed by atoms with Gasteiger partial charge in [-0.3, -0.25) is 4.90 Å². The SMILES string of the molecule is CN(Cc1ccc(C(=O)O)o1)C1CCS(=O)(=O)C1. The molecule has 7 heteroatoms. The van der Waals surface area contributed by atoms with Crippen LogP contribution in [0.4, 0.5) is 0 Å². The van der Waals surface area contributed by atoms with Gasteiger partial charge >= 0.3 is 5.97 Å². The molecule has 1 atom stereocenters. The van der Waals surface area contributed by atoms with Crippen LogP contribution in [-0.4, -0.2) is 49.0 Å². The first-order valence-corrected chi connectivity index (χ1v) is 7.42. The molecule has 1 fully saturated rings. The van der Waals surface area contributed by atoms with E-state index >= 15 is 0 Å². The Morgan fingerprint density at radius 1 is 1.56 bits per heavy atom. The van der Waals surface area contributed by atoms with Crippen LogP contribution >= 0.6 is 0 Å². The zero-order valence-corrected chi connectivity index (χ0v) is 10.8. The van der Waals surface area contributed by atoms with Gasteiger partial charge in [-0.1, -0.05) is 0 Å². The van der Waals surface area contributed by atoms with Crippen molar-refractivity contribution in [3.8, 4) is 0 Å². The molecular weight excluding hydrogens is 258 g/mol. The van der Waals surface area contributed by atoms with E-state index in [4.69, 9.17) is 9.52 Å². The minimum absolute atomic E-state index is 0.0200. The first kappa shape index (κ1) is 13.1. The monoisotopic (exact) mass is 273 g/mol. The molecular formula is C11H15NO5S. The second-order valence-electron chi connectivity index (χ2n) is 4.54. The summed E-state index contributed by atoms with van der Waals surface area (Å²) in [6.45, 7) is 0.410. The lowest BCUT2D eigenvalue weighted by Crippen LogP contribution is -2.31. The predicted molar refractivity (Wildman–Crippen MR) is 64.2 cm³/mol. The Hall–Kier alpha value is -1.34. The fourth-order valence-corrected chi connectivity index (χ4v) is 3.88. The largest absolute Gasteiger partial charge is 0.475 e. The van der Waals surface area contributed by atoms with Crippen LogP contribution in [0.15, 0.2) is 16.5 Å². The third-order valence-corrected chi connectivity index (χ3v) is 4.86. The number of nitrogens with zero attached hydrogens (tertiary/aromatic N) is 1. The summed E-state index contributed by atoms with van der Waals surface area (Å²) in [6.07, 6.45) is 0.616. The van der Waals surface area contributed by atoms with Gasteiger partial charge in [-0.05, 0) is 25.6 Å². The van der Waals surface area contributed by atoms with Crippen molar-refractivity contribution >= 4 is 15.8 Å². The summed E-state index contributed by atoms with van der Waals surface area (Å²) < 4.78 is 27.9. The molecule has 2 heterocycles. The van der Waals surface area contributed by atoms with E-state index in [1.54, 1.807) is 6.07 Å². The zero-order valence-electron chi connectivity index (χ0n) is 10.00. The normalized spacial score (nSPS) is 22.4. The van der Waals surface area contributed by atoms with Crippen molar-refractivity contribution in [3.63, 3.8) is 0 Å². The van der Waals surface area contributed by atoms with E-state index in [0.29, 0.717) is 18.7 Å². The molecule has 1 aromatic rings. The lowest BCUT2D eigenvalue weighted by molar-refractivity contribution is 0.0658. The summed E-state index contributed by atoms with van der Waals surface area (Å²) in [5.41, 5.74) is 0. The maximum Gasteiger partial charge on any atom is 0.371 e. The molecule has 18 heavy (non-hydrogen) atoms. The second-order valence-corrected chi connectivity index (χ2v) is 6.77. The van der Waals surface area contributed by atoms with Crippen molar-refractivity contribution in [3.05, 3.63) is 23.7 Å². The van der Waals surface area contributed by atoms with Crippen LogP contribution in [0.3, 0.4) is 0 Å². The quantitative estimate of drug-likeness (QED) is 0.864. The number of carbonyl (C=O) groups is 1. The molecule has 1 aliphatic heterocycles. The molecule has 100 valence electrons. The van der Waals surface area contributed by atoms with Crippen LogP contribution in [0.2, 0.25) is 0 Å². The van der Waals surface area contributed by atoms with E-state index < -0.39 is 15.8 Å². The molecule has 0 aliphatic carbocycles. The number of furan rings is 1. The van der Waals surface area contributed by atoms with E-state index in [2.05, 4.69) is 0 Å². The number of carboxylic acid groups (broad SMARTS) is 1. The molecule has 1 N–H and O–H groups in total. The number of rotatable bonds is 4. The highest BCUT2D eigenvalue weighted by atomic mass is 32.2. The summed E-state index contributed by atoms with van der Waals surface area (Å²) in [7, 11) is -1.09. The van der Waals surface area contributed by atoms with E-state index in [-0.39, 0.29) is 23.3 Å². The molecule has 0 radical (unpaired) electrons. The van der Waals surface area contributed by atoms with Gasteiger partial charge < -0.3 is 9.52 Å². The van der Waals surface area contributed by atoms with Crippen molar-refractivity contribution in [1.29, 1.82) is 0 Å². The van der Waals surface area contributed by atoms with Crippen LogP contribution in [0.1, 0.15) is 22.7 Å². The highest BCUT2D eigenvalue weighted by Gasteiger charge is 2.30. The van der Waals surface area contributed by atoms with Gasteiger partial charge in [0.25, 0.3) is 0 Å². The molecule has 1 unspecified atom stereocenters. The first-order chi connectivity index (χ1) is 8.37. The molecule has 0 saturated carbocycles. The van der Waals surface area contributed by atoms with E-state index in [9.17, 15) is 13.2 Å². The molecule has 0 amide bonds. The van der Waals surface area contributed by atoms with E-state index in [1.807, 2.05) is 11.9 Å². The van der Waals surface area contributed by atoms with Gasteiger partial charge in [0.1, 0.15) is 5.76 Å². The smallest absolute Gasteiger partial charge is 0.371 e. The van der Waals surface area contributed by atoms with Gasteiger partial charge in [0.05, 0.1) is 18.1 Å². The summed E-state index contributed by atoms with van der Waals surface area (Å²) in [5.74, 6) is -0.291. The van der Waals surface area contributed by atoms with Crippen molar-refractivity contribution in [2.75, 3.05) is 18.6 Å². The van der Waals surface area contributed by atoms with Gasteiger partial charge in [0.2, 0.25) is 5.76 Å². The fourth-order valence-electron chi connectivity index (χ4n) is 2.08. The fraction of sp³-hybridized carbons (Fsp3) is 0.545. The van der Waals surface area contributed by atoms with Gasteiger partial charge in [0.15, 0.2) is 9.84 Å². The molecule has 0 bridgehead atoms. The predicted octanol–water partition coefficient (Wildman–Crippen LogP) is 0.597. The minimum atomic E-state index is -2.91. The van der Waals surface area contributed by atoms with Crippen LogP contribution in [0, 0.1) is 0 Å². The molecule has 1 saturated heterocycles. The Kier molecular flexibility index (Phi) is 3.45. The topological polar surface area (TPSA) is 87.8 Å². The number of hydrogen-bond acceptors (Lipinski definition) is 5. The van der Waals surface area contributed by atoms with Gasteiger partial charge in [0, 0.05) is 6.04 Å². The Morgan fingerprint density at radius 2 is 2.28 bits per heavy atom. The van der Waals surface area contributed by atoms with Gasteiger partial charge in [-0.2, -0.15) is 0 Å². The number of sulfone groups is 1. The molecule has 6 nitrogen and oxygen atoms in total. The van der Waals surface area contributed by atoms with E-state index in [1.165, 1.54) is 6.07 Å². The second kappa shape index (κ2) is 4.74. The van der Waals surface area contributed by atoms with Crippen molar-refractivity contribution in [2.45, 2.75) is 19.0 Å². The standard InChI is InChI=1S/C11H15NO5S/c1-12(8-4-5-18(15,16)7-8)6-9-2-3-10(17-9)11(13)14/h2-3,8H,4-7H2,1H3,(H,13,14). The van der Waals surface area contributed by atoms with Gasteiger partial charge in [-0.25, -0.2) is 13.2 Å². The first-order valence-electron chi connectivity index (χ1n) is 5.60. The summed E-state index contributed by atoms with van der Waals surface area (Å²) in [5, 5.41) is 8.73. The third-order valence-electron chi connectivity index (χ3n) is 3.11. The molecule has 1 aliphatic rings. The Labute approximate surface area is 105 Å². The maximum absolute atomic E-state index is 11.4. The van der Waals surface area contributed by atoms with Crippen LogP contribution in [0.5, 0.6) is 0 Å². The Morgan fingerprint density at radius 3 is 2.78 bits per heavy atom. The number of hydrogen-bond donors (Lipinski definition) is 1. The lowest BCUT2D eigenvalue weighted by atomic mass is 10.2. The van der Waals surface area contributed by atoms with E-state index in [0.717, 1.165) is 0 Å². The highest BCUT2D eigenvalue weighted by Crippen LogP contribution is 2.19. The molecule has 0 aromatic carbocycles. The van der Waals surface area contributed by atoms with Crippen molar-refractivity contribution in [2.24, 2.45) is 0 Å². The lowest BCUT2D eigenvalue weighted by Gasteiger charge is -2.21. The Balaban J connectivity index is 1.99. The van der Waals surface area contributed by atoms with Crippen LogP contribution in [0.25, 0.3) is 0 Å². The summed E-state index contributed by atoms with van der Waals surface area (Å²) >= 11 is 0. The summed E-state index contributed by atoms with van der Waals surface area (Å²) in [6, 6.07) is 2.98. The highest BCUT2D eigenvalue weighted by molar-refractivity contribution is 7.91. The zero-order chi connectivity index (χ0) is 13.3. The number of aromatic carboxylic acids is 1. The summed E-state index contributed by atoms with van der Waals surface area (Å²) in [4.78, 5) is 12.5. The number of carboxylic acids is 1. The minimum Gasteiger partial charge on any atom is -0.475 e. The van der Waals surface area contributed by atoms with Crippen molar-refractivity contribution < 1.29 is 22.7 Å². The maximum atomic E-state index is 11.4. The Bertz CT molecular complexity index is 548. The van der Waals surface area contributed by atoms with Crippen LogP contribution in [-0.2, 0) is 16.4 Å². The average molecular weight is 273 g/mol. The third kappa shape index (κ3) is 2.91. The van der Waals surface area contributed by atoms with Crippen molar-refractivity contribution in [1.82, 2.24) is 4.90 Å².